The molecule has 8 heteroatoms. The van der Waals surface area contributed by atoms with Gasteiger partial charge in [-0.3, -0.25) is 15.0 Å². The van der Waals surface area contributed by atoms with Gasteiger partial charge in [-0.15, -0.1) is 0 Å². The topological polar surface area (TPSA) is 82.6 Å². The van der Waals surface area contributed by atoms with Crippen molar-refractivity contribution in [2.45, 2.75) is 18.8 Å². The lowest BCUT2D eigenvalue weighted by Gasteiger charge is -2.43. The van der Waals surface area contributed by atoms with E-state index < -0.39 is 0 Å². The van der Waals surface area contributed by atoms with E-state index in [9.17, 15) is 4.79 Å². The number of aromatic nitrogens is 2. The van der Waals surface area contributed by atoms with Gasteiger partial charge in [0.2, 0.25) is 11.9 Å². The molecule has 8 nitrogen and oxygen atoms in total. The normalized spacial score (nSPS) is 23.7. The summed E-state index contributed by atoms with van der Waals surface area (Å²) in [4.78, 5) is 25.3. The molecule has 1 aromatic carbocycles. The second kappa shape index (κ2) is 7.89. The average molecular weight is 368 g/mol. The third-order valence-electron chi connectivity index (χ3n) is 5.08. The number of hydrogen-bond acceptors (Lipinski definition) is 7. The minimum atomic E-state index is -0.169. The van der Waals surface area contributed by atoms with E-state index in [0.717, 1.165) is 43.4 Å². The van der Waals surface area contributed by atoms with Gasteiger partial charge in [-0.25, -0.2) is 9.97 Å². The maximum absolute atomic E-state index is 12.3. The van der Waals surface area contributed by atoms with E-state index in [4.69, 9.17) is 4.74 Å². The molecular weight excluding hydrogens is 344 g/mol. The van der Waals surface area contributed by atoms with Crippen LogP contribution in [0.15, 0.2) is 42.7 Å². The Bertz CT molecular complexity index is 762. The molecule has 2 saturated heterocycles. The first-order valence-electron chi connectivity index (χ1n) is 9.18. The number of nitrogens with one attached hydrogen (secondary N) is 2. The van der Waals surface area contributed by atoms with Crippen molar-refractivity contribution in [2.24, 2.45) is 0 Å². The first-order valence-corrected chi connectivity index (χ1v) is 9.18. The third-order valence-corrected chi connectivity index (χ3v) is 5.08. The lowest BCUT2D eigenvalue weighted by atomic mass is 10.0. The Balaban J connectivity index is 1.39. The third kappa shape index (κ3) is 4.01. The highest BCUT2D eigenvalue weighted by molar-refractivity contribution is 5.78. The number of piperazine rings is 1. The van der Waals surface area contributed by atoms with Gasteiger partial charge in [0.05, 0.1) is 7.11 Å². The summed E-state index contributed by atoms with van der Waals surface area (Å²) in [5.41, 5.74) is 1.09. The number of rotatable bonds is 4. The molecule has 0 spiro atoms. The Labute approximate surface area is 158 Å². The average Bonchev–Trinajstić information content (AvgIpc) is 2.74. The molecule has 2 fully saturated rings. The Kier molecular flexibility index (Phi) is 5.17. The van der Waals surface area contributed by atoms with E-state index in [0.29, 0.717) is 6.42 Å². The highest BCUT2D eigenvalue weighted by Crippen LogP contribution is 2.24. The predicted octanol–water partition coefficient (Wildman–Crippen LogP) is 0.742. The van der Waals surface area contributed by atoms with Crippen molar-refractivity contribution in [2.75, 3.05) is 38.2 Å². The van der Waals surface area contributed by atoms with E-state index in [-0.39, 0.29) is 18.2 Å². The van der Waals surface area contributed by atoms with Gasteiger partial charge >= 0.3 is 0 Å². The van der Waals surface area contributed by atoms with Crippen LogP contribution in [-0.2, 0) is 4.79 Å². The number of carbonyl (C=O) groups is 1. The van der Waals surface area contributed by atoms with Crippen LogP contribution < -0.4 is 20.3 Å². The molecule has 2 unspecified atom stereocenters. The minimum absolute atomic E-state index is 0.00913. The zero-order valence-electron chi connectivity index (χ0n) is 15.3. The summed E-state index contributed by atoms with van der Waals surface area (Å²) in [5, 5.41) is 6.63. The number of ether oxygens (including phenoxy) is 1. The van der Waals surface area contributed by atoms with Crippen molar-refractivity contribution in [1.82, 2.24) is 25.5 Å². The molecule has 0 bridgehead atoms. The SMILES string of the molecule is COc1ccc(C2CC(=O)NC(N3CCN(c4ncccn4)CC3)N2)cc1. The molecule has 2 aliphatic heterocycles. The Morgan fingerprint density at radius 1 is 1.07 bits per heavy atom. The maximum atomic E-state index is 12.3. The van der Waals surface area contributed by atoms with Crippen LogP contribution in [0.4, 0.5) is 5.95 Å². The molecule has 0 aliphatic carbocycles. The molecule has 1 aromatic heterocycles. The lowest BCUT2D eigenvalue weighted by molar-refractivity contribution is -0.127. The van der Waals surface area contributed by atoms with Crippen molar-refractivity contribution in [1.29, 1.82) is 0 Å². The standard InChI is InChI=1S/C19H24N6O2/c1-27-15-5-3-14(4-6-15)16-13-17(26)23-19(22-16)25-11-9-24(10-12-25)18-20-7-2-8-21-18/h2-8,16,19,22H,9-13H2,1H3,(H,23,26). The van der Waals surface area contributed by atoms with Gasteiger partial charge in [-0.2, -0.15) is 0 Å². The van der Waals surface area contributed by atoms with Crippen molar-refractivity contribution < 1.29 is 9.53 Å². The molecule has 2 atom stereocenters. The fraction of sp³-hybridized carbons (Fsp3) is 0.421. The van der Waals surface area contributed by atoms with Crippen LogP contribution in [0.2, 0.25) is 0 Å². The van der Waals surface area contributed by atoms with Gasteiger partial charge in [-0.1, -0.05) is 12.1 Å². The molecule has 2 aromatic rings. The fourth-order valence-electron chi connectivity index (χ4n) is 3.57. The van der Waals surface area contributed by atoms with Crippen LogP contribution >= 0.6 is 0 Å². The van der Waals surface area contributed by atoms with E-state index in [1.165, 1.54) is 0 Å². The second-order valence-corrected chi connectivity index (χ2v) is 6.74. The number of nitrogens with zero attached hydrogens (tertiary/aromatic N) is 4. The van der Waals surface area contributed by atoms with Gasteiger partial charge in [0.25, 0.3) is 0 Å². The Morgan fingerprint density at radius 2 is 1.78 bits per heavy atom. The van der Waals surface area contributed by atoms with E-state index in [1.807, 2.05) is 30.3 Å². The maximum Gasteiger partial charge on any atom is 0.225 e. The molecule has 27 heavy (non-hydrogen) atoms. The summed E-state index contributed by atoms with van der Waals surface area (Å²) in [6.45, 7) is 3.30. The monoisotopic (exact) mass is 368 g/mol. The number of benzene rings is 1. The number of anilines is 1. The van der Waals surface area contributed by atoms with Gasteiger partial charge < -0.3 is 15.0 Å². The summed E-state index contributed by atoms with van der Waals surface area (Å²) in [5.74, 6) is 1.64. The van der Waals surface area contributed by atoms with Crippen molar-refractivity contribution in [3.05, 3.63) is 48.3 Å². The number of hydrogen-bond donors (Lipinski definition) is 2. The number of carbonyl (C=O) groups excluding carboxylic acids is 1. The lowest BCUT2D eigenvalue weighted by Crippen LogP contribution is -2.64. The highest BCUT2D eigenvalue weighted by atomic mass is 16.5. The molecule has 2 N–H and O–H groups in total. The summed E-state index contributed by atoms with van der Waals surface area (Å²) in [6.07, 6.45) is 3.78. The second-order valence-electron chi connectivity index (χ2n) is 6.74. The minimum Gasteiger partial charge on any atom is -0.497 e. The zero-order chi connectivity index (χ0) is 18.6. The van der Waals surface area contributed by atoms with Gasteiger partial charge in [0.1, 0.15) is 12.0 Å². The Hall–Kier alpha value is -2.71. The summed E-state index contributed by atoms with van der Waals surface area (Å²) >= 11 is 0. The van der Waals surface area contributed by atoms with Crippen LogP contribution in [0.5, 0.6) is 5.75 Å². The van der Waals surface area contributed by atoms with Gasteiger partial charge in [0, 0.05) is 51.0 Å². The van der Waals surface area contributed by atoms with E-state index in [1.54, 1.807) is 19.5 Å². The molecule has 2 aliphatic rings. The molecule has 3 heterocycles. The van der Waals surface area contributed by atoms with E-state index in [2.05, 4.69) is 30.4 Å². The molecule has 0 saturated carbocycles. The molecular formula is C19H24N6O2. The largest absolute Gasteiger partial charge is 0.497 e. The molecule has 142 valence electrons. The van der Waals surface area contributed by atoms with Crippen LogP contribution in [0.25, 0.3) is 0 Å². The first-order chi connectivity index (χ1) is 13.2. The summed E-state index contributed by atoms with van der Waals surface area (Å²) < 4.78 is 5.22. The molecule has 0 radical (unpaired) electrons. The van der Waals surface area contributed by atoms with Crippen molar-refractivity contribution in [3.63, 3.8) is 0 Å². The fourth-order valence-corrected chi connectivity index (χ4v) is 3.57. The van der Waals surface area contributed by atoms with Crippen LogP contribution in [0.1, 0.15) is 18.0 Å². The predicted molar refractivity (Wildman–Crippen MR) is 101 cm³/mol. The first kappa shape index (κ1) is 17.7. The molecule has 4 rings (SSSR count). The summed E-state index contributed by atoms with van der Waals surface area (Å²) in [6, 6.07) is 9.69. The number of amides is 1. The highest BCUT2D eigenvalue weighted by Gasteiger charge is 2.32. The Morgan fingerprint density at radius 3 is 2.44 bits per heavy atom. The van der Waals surface area contributed by atoms with Gasteiger partial charge in [-0.05, 0) is 23.8 Å². The summed E-state index contributed by atoms with van der Waals surface area (Å²) in [7, 11) is 1.65. The quantitative estimate of drug-likeness (QED) is 0.824. The smallest absolute Gasteiger partial charge is 0.225 e. The van der Waals surface area contributed by atoms with E-state index >= 15 is 0 Å². The van der Waals surface area contributed by atoms with Crippen LogP contribution in [-0.4, -0.2) is 60.4 Å². The van der Waals surface area contributed by atoms with Crippen molar-refractivity contribution in [3.8, 4) is 5.75 Å². The molecule has 1 amide bonds. The van der Waals surface area contributed by atoms with Gasteiger partial charge in [0.15, 0.2) is 0 Å². The zero-order valence-corrected chi connectivity index (χ0v) is 15.3. The van der Waals surface area contributed by atoms with Crippen molar-refractivity contribution >= 4 is 11.9 Å². The van der Waals surface area contributed by atoms with Crippen LogP contribution in [0.3, 0.4) is 0 Å². The van der Waals surface area contributed by atoms with Crippen LogP contribution in [0, 0.1) is 0 Å². The number of methoxy groups -OCH3 is 1.